The number of benzene rings is 2. The number of allylic oxidation sites excluding steroid dienone is 1. The molecular weight excluding hydrogens is 371 g/mol. The van der Waals surface area contributed by atoms with Gasteiger partial charge in [0.2, 0.25) is 0 Å². The first-order valence-electron chi connectivity index (χ1n) is 8.59. The van der Waals surface area contributed by atoms with Crippen LogP contribution in [0.15, 0.2) is 42.5 Å². The molecule has 0 aliphatic heterocycles. The summed E-state index contributed by atoms with van der Waals surface area (Å²) >= 11 is 12.3. The van der Waals surface area contributed by atoms with E-state index in [1.165, 1.54) is 18.9 Å². The minimum absolute atomic E-state index is 0.153. The topological polar surface area (TPSA) is 35.5 Å². The molecule has 3 rings (SSSR count). The minimum Gasteiger partial charge on any atom is -0.493 e. The molecule has 0 atom stereocenters. The Hall–Kier alpha value is -1.97. The summed E-state index contributed by atoms with van der Waals surface area (Å²) in [4.78, 5) is 12.6. The molecule has 2 aromatic rings. The zero-order valence-corrected chi connectivity index (χ0v) is 16.0. The van der Waals surface area contributed by atoms with Gasteiger partial charge in [-0.2, -0.15) is 0 Å². The number of hydrogen-bond acceptors (Lipinski definition) is 3. The molecule has 3 nitrogen and oxygen atoms in total. The maximum Gasteiger partial charge on any atom is 0.185 e. The highest BCUT2D eigenvalue weighted by molar-refractivity contribution is 6.37. The van der Waals surface area contributed by atoms with Gasteiger partial charge in [-0.3, -0.25) is 4.79 Å². The molecule has 1 saturated carbocycles. The zero-order chi connectivity index (χ0) is 18.5. The van der Waals surface area contributed by atoms with Crippen LogP contribution in [0.1, 0.15) is 41.6 Å². The van der Waals surface area contributed by atoms with E-state index in [1.807, 2.05) is 0 Å². The summed E-state index contributed by atoms with van der Waals surface area (Å²) in [5.41, 5.74) is 1.15. The number of hydrogen-bond donors (Lipinski definition) is 0. The third kappa shape index (κ3) is 4.40. The Morgan fingerprint density at radius 2 is 1.77 bits per heavy atom. The number of carbonyl (C=O) groups is 1. The van der Waals surface area contributed by atoms with Gasteiger partial charge in [-0.05, 0) is 68.2 Å². The molecule has 0 bridgehead atoms. The molecule has 136 valence electrons. The Labute approximate surface area is 163 Å². The summed E-state index contributed by atoms with van der Waals surface area (Å²) in [6.45, 7) is 0. The van der Waals surface area contributed by atoms with Gasteiger partial charge in [0, 0.05) is 21.2 Å². The first-order chi connectivity index (χ1) is 12.6. The summed E-state index contributed by atoms with van der Waals surface area (Å²) < 4.78 is 11.4. The number of carbonyl (C=O) groups excluding carboxylic acids is 1. The van der Waals surface area contributed by atoms with E-state index in [0.717, 1.165) is 12.8 Å². The Bertz CT molecular complexity index is 804. The van der Waals surface area contributed by atoms with Crippen LogP contribution in [0.25, 0.3) is 6.08 Å². The van der Waals surface area contributed by atoms with Gasteiger partial charge in [0.1, 0.15) is 0 Å². The van der Waals surface area contributed by atoms with Gasteiger partial charge >= 0.3 is 0 Å². The molecule has 0 unspecified atom stereocenters. The standard InChI is InChI=1S/C21H20Cl2O3/c1-25-20-12-9-14(13-21(20)26-15-5-2-3-6-15)19(24)11-10-16-17(22)7-4-8-18(16)23/h4,7-13,15H,2-3,5-6H2,1H3/b11-10+. The molecule has 1 aliphatic rings. The predicted molar refractivity (Wildman–Crippen MR) is 106 cm³/mol. The molecule has 0 aromatic heterocycles. The smallest absolute Gasteiger partial charge is 0.185 e. The van der Waals surface area contributed by atoms with Crippen molar-refractivity contribution in [2.75, 3.05) is 7.11 Å². The molecular formula is C21H20Cl2O3. The van der Waals surface area contributed by atoms with Gasteiger partial charge < -0.3 is 9.47 Å². The highest BCUT2D eigenvalue weighted by Crippen LogP contribution is 2.33. The number of ether oxygens (including phenoxy) is 2. The van der Waals surface area contributed by atoms with E-state index >= 15 is 0 Å². The van der Waals surface area contributed by atoms with Crippen LogP contribution in [-0.4, -0.2) is 19.0 Å². The molecule has 0 radical (unpaired) electrons. The van der Waals surface area contributed by atoms with Crippen LogP contribution >= 0.6 is 23.2 Å². The lowest BCUT2D eigenvalue weighted by atomic mass is 10.1. The third-order valence-electron chi connectivity index (χ3n) is 4.45. The molecule has 0 saturated heterocycles. The van der Waals surface area contributed by atoms with Gasteiger partial charge in [0.15, 0.2) is 17.3 Å². The normalized spacial score (nSPS) is 14.7. The molecule has 26 heavy (non-hydrogen) atoms. The van der Waals surface area contributed by atoms with E-state index in [2.05, 4.69) is 0 Å². The maximum atomic E-state index is 12.6. The van der Waals surface area contributed by atoms with Crippen molar-refractivity contribution >= 4 is 35.1 Å². The largest absolute Gasteiger partial charge is 0.493 e. The zero-order valence-electron chi connectivity index (χ0n) is 14.5. The van der Waals surface area contributed by atoms with Gasteiger partial charge in [0.25, 0.3) is 0 Å². The van der Waals surface area contributed by atoms with Crippen LogP contribution in [0, 0.1) is 0 Å². The van der Waals surface area contributed by atoms with E-state index in [0.29, 0.717) is 32.7 Å². The van der Waals surface area contributed by atoms with Crippen LogP contribution in [0.5, 0.6) is 11.5 Å². The van der Waals surface area contributed by atoms with Crippen molar-refractivity contribution in [3.63, 3.8) is 0 Å². The number of rotatable bonds is 6. The third-order valence-corrected chi connectivity index (χ3v) is 5.10. The van der Waals surface area contributed by atoms with Crippen molar-refractivity contribution < 1.29 is 14.3 Å². The highest BCUT2D eigenvalue weighted by atomic mass is 35.5. The molecule has 1 aliphatic carbocycles. The second-order valence-electron chi connectivity index (χ2n) is 6.22. The van der Waals surface area contributed by atoms with Crippen LogP contribution < -0.4 is 9.47 Å². The SMILES string of the molecule is COc1ccc(C(=O)/C=C/c2c(Cl)cccc2Cl)cc1OC1CCCC1. The molecule has 1 fully saturated rings. The van der Waals surface area contributed by atoms with Gasteiger partial charge in [-0.1, -0.05) is 29.3 Å². The van der Waals surface area contributed by atoms with Crippen LogP contribution in [0.3, 0.4) is 0 Å². The lowest BCUT2D eigenvalue weighted by Gasteiger charge is -2.16. The van der Waals surface area contributed by atoms with Crippen molar-refractivity contribution in [3.05, 3.63) is 63.6 Å². The Balaban J connectivity index is 1.81. The van der Waals surface area contributed by atoms with Crippen molar-refractivity contribution in [2.24, 2.45) is 0 Å². The Kier molecular flexibility index (Phi) is 6.23. The predicted octanol–water partition coefficient (Wildman–Crippen LogP) is 6.22. The van der Waals surface area contributed by atoms with Crippen molar-refractivity contribution in [1.82, 2.24) is 0 Å². The van der Waals surface area contributed by atoms with Crippen LogP contribution in [0.2, 0.25) is 10.0 Å². The van der Waals surface area contributed by atoms with Crippen LogP contribution in [0.4, 0.5) is 0 Å². The Morgan fingerprint density at radius 3 is 2.42 bits per heavy atom. The second kappa shape index (κ2) is 8.61. The maximum absolute atomic E-state index is 12.6. The van der Waals surface area contributed by atoms with Crippen molar-refractivity contribution in [2.45, 2.75) is 31.8 Å². The first-order valence-corrected chi connectivity index (χ1v) is 9.35. The van der Waals surface area contributed by atoms with Crippen molar-refractivity contribution in [3.8, 4) is 11.5 Å². The second-order valence-corrected chi connectivity index (χ2v) is 7.04. The van der Waals surface area contributed by atoms with Crippen molar-refractivity contribution in [1.29, 1.82) is 0 Å². The fraction of sp³-hybridized carbons (Fsp3) is 0.286. The van der Waals surface area contributed by atoms with E-state index < -0.39 is 0 Å². The number of ketones is 1. The fourth-order valence-electron chi connectivity index (χ4n) is 3.03. The molecule has 0 N–H and O–H groups in total. The highest BCUT2D eigenvalue weighted by Gasteiger charge is 2.19. The number of halogens is 2. The van der Waals surface area contributed by atoms with E-state index in [-0.39, 0.29) is 11.9 Å². The molecule has 5 heteroatoms. The summed E-state index contributed by atoms with van der Waals surface area (Å²) in [5, 5.41) is 1.00. The summed E-state index contributed by atoms with van der Waals surface area (Å²) in [6.07, 6.45) is 7.70. The van der Waals surface area contributed by atoms with E-state index in [9.17, 15) is 4.79 Å². The van der Waals surface area contributed by atoms with Gasteiger partial charge in [-0.25, -0.2) is 0 Å². The fourth-order valence-corrected chi connectivity index (χ4v) is 3.56. The molecule has 2 aromatic carbocycles. The quantitative estimate of drug-likeness (QED) is 0.433. The van der Waals surface area contributed by atoms with Gasteiger partial charge in [-0.15, -0.1) is 0 Å². The average Bonchev–Trinajstić information content (AvgIpc) is 3.14. The minimum atomic E-state index is -0.153. The molecule has 0 spiro atoms. The molecule has 0 amide bonds. The molecule has 0 heterocycles. The average molecular weight is 391 g/mol. The number of methoxy groups -OCH3 is 1. The lowest BCUT2D eigenvalue weighted by molar-refractivity contribution is 0.104. The lowest BCUT2D eigenvalue weighted by Crippen LogP contribution is -2.12. The van der Waals surface area contributed by atoms with Crippen LogP contribution in [-0.2, 0) is 0 Å². The summed E-state index contributed by atoms with van der Waals surface area (Å²) in [6, 6.07) is 10.4. The van der Waals surface area contributed by atoms with Gasteiger partial charge in [0.05, 0.1) is 13.2 Å². The first kappa shape index (κ1) is 18.8. The summed E-state index contributed by atoms with van der Waals surface area (Å²) in [7, 11) is 1.59. The van der Waals surface area contributed by atoms with E-state index in [1.54, 1.807) is 49.6 Å². The monoisotopic (exact) mass is 390 g/mol. The Morgan fingerprint density at radius 1 is 1.08 bits per heavy atom. The summed E-state index contributed by atoms with van der Waals surface area (Å²) in [5.74, 6) is 1.08. The van der Waals surface area contributed by atoms with E-state index in [4.69, 9.17) is 32.7 Å².